The number of carbonyl (C=O) groups is 2. The smallest absolute Gasteiger partial charge is 0.260 e. The molecule has 3 aromatic carbocycles. The number of benzene rings is 3. The Morgan fingerprint density at radius 2 is 1.66 bits per heavy atom. The topological polar surface area (TPSA) is 88.1 Å². The highest BCUT2D eigenvalue weighted by Crippen LogP contribution is 2.58. The highest BCUT2D eigenvalue weighted by molar-refractivity contribution is 6.12. The van der Waals surface area contributed by atoms with Crippen LogP contribution in [0.15, 0.2) is 91.0 Å². The summed E-state index contributed by atoms with van der Waals surface area (Å²) >= 11 is 0. The maximum Gasteiger partial charge on any atom is 0.260 e. The molecule has 194 valence electrons. The lowest BCUT2D eigenvalue weighted by atomic mass is 9.56. The summed E-state index contributed by atoms with van der Waals surface area (Å²) in [7, 11) is 2.91. The minimum Gasteiger partial charge on any atom is -0.502 e. The molecule has 0 saturated carbocycles. The Morgan fingerprint density at radius 3 is 2.24 bits per heavy atom. The summed E-state index contributed by atoms with van der Waals surface area (Å²) in [4.78, 5) is 28.6. The molecule has 1 fully saturated rings. The molecule has 3 aromatic rings. The summed E-state index contributed by atoms with van der Waals surface area (Å²) in [6.07, 6.45) is 4.07. The van der Waals surface area contributed by atoms with E-state index in [0.29, 0.717) is 17.7 Å². The molecular formula is C31H30N2O5. The number of amides is 2. The first-order chi connectivity index (χ1) is 18.4. The first-order valence-electron chi connectivity index (χ1n) is 12.4. The number of phenolic OH excluding ortho intramolecular Hbond substituents is 1. The monoisotopic (exact) mass is 510 g/mol. The molecule has 3 atom stereocenters. The number of aryl methyl sites for hydroxylation is 1. The number of rotatable bonds is 7. The fourth-order valence-corrected chi connectivity index (χ4v) is 5.84. The lowest BCUT2D eigenvalue weighted by molar-refractivity contribution is -0.138. The molecule has 7 heteroatoms. The van der Waals surface area contributed by atoms with Gasteiger partial charge in [0.25, 0.3) is 11.8 Å². The number of carbonyl (C=O) groups excluding carboxylic acids is 2. The minimum atomic E-state index is -1.28. The number of phenols is 1. The second kappa shape index (κ2) is 9.74. The summed E-state index contributed by atoms with van der Waals surface area (Å²) in [5, 5.41) is 11.8. The van der Waals surface area contributed by atoms with Crippen molar-refractivity contribution >= 4 is 17.5 Å². The number of allylic oxidation sites excluding steroid dienone is 3. The van der Waals surface area contributed by atoms with Crippen LogP contribution in [0.2, 0.25) is 0 Å². The van der Waals surface area contributed by atoms with Gasteiger partial charge in [0.2, 0.25) is 5.75 Å². The maximum atomic E-state index is 14.6. The summed E-state index contributed by atoms with van der Waals surface area (Å²) in [6, 6.07) is 20.3. The summed E-state index contributed by atoms with van der Waals surface area (Å²) in [5.74, 6) is -1.66. The molecule has 1 saturated heterocycles. The summed E-state index contributed by atoms with van der Waals surface area (Å²) in [6.45, 7) is 6.01. The van der Waals surface area contributed by atoms with Crippen molar-refractivity contribution in [2.75, 3.05) is 19.6 Å². The van der Waals surface area contributed by atoms with E-state index in [2.05, 4.69) is 12.0 Å². The van der Waals surface area contributed by atoms with Gasteiger partial charge in [0.05, 0.1) is 31.2 Å². The van der Waals surface area contributed by atoms with Gasteiger partial charge in [-0.05, 0) is 54.3 Å². The van der Waals surface area contributed by atoms with Gasteiger partial charge in [0.1, 0.15) is 0 Å². The number of nitrogens with one attached hydrogen (secondary N) is 1. The molecule has 1 aliphatic carbocycles. The van der Waals surface area contributed by atoms with E-state index in [1.54, 1.807) is 18.2 Å². The fourth-order valence-electron chi connectivity index (χ4n) is 5.84. The van der Waals surface area contributed by atoms with Crippen LogP contribution in [0, 0.1) is 12.8 Å². The largest absolute Gasteiger partial charge is 0.502 e. The zero-order valence-corrected chi connectivity index (χ0v) is 21.6. The number of hydrogen-bond acceptors (Lipinski definition) is 6. The predicted molar refractivity (Wildman–Crippen MR) is 145 cm³/mol. The molecule has 38 heavy (non-hydrogen) atoms. The van der Waals surface area contributed by atoms with Crippen LogP contribution in [-0.2, 0) is 15.0 Å². The van der Waals surface area contributed by atoms with Gasteiger partial charge in [-0.15, -0.1) is 0 Å². The van der Waals surface area contributed by atoms with Crippen molar-refractivity contribution in [3.05, 3.63) is 108 Å². The number of methoxy groups -OCH3 is 2. The zero-order valence-electron chi connectivity index (χ0n) is 21.6. The molecule has 1 heterocycles. The number of fused-ring (bicyclic) bond motifs is 1. The van der Waals surface area contributed by atoms with E-state index in [1.165, 1.54) is 14.2 Å². The lowest BCUT2D eigenvalue weighted by Crippen LogP contribution is -2.48. The van der Waals surface area contributed by atoms with E-state index < -0.39 is 17.3 Å². The molecule has 1 aliphatic heterocycles. The number of aromatic hydroxyl groups is 1. The Balaban J connectivity index is 1.75. The van der Waals surface area contributed by atoms with E-state index in [9.17, 15) is 14.7 Å². The molecule has 0 unspecified atom stereocenters. The molecule has 2 aliphatic rings. The van der Waals surface area contributed by atoms with Crippen molar-refractivity contribution in [2.24, 2.45) is 5.92 Å². The highest BCUT2D eigenvalue weighted by atomic mass is 16.5. The normalized spacial score (nSPS) is 22.5. The molecule has 0 radical (unpaired) electrons. The number of hydrazine groups is 1. The van der Waals surface area contributed by atoms with Gasteiger partial charge in [-0.25, -0.2) is 0 Å². The van der Waals surface area contributed by atoms with Gasteiger partial charge < -0.3 is 14.6 Å². The van der Waals surface area contributed by atoms with Crippen LogP contribution in [0.25, 0.3) is 0 Å². The average Bonchev–Trinajstić information content (AvgIpc) is 3.16. The van der Waals surface area contributed by atoms with Gasteiger partial charge in [-0.2, -0.15) is 5.01 Å². The summed E-state index contributed by atoms with van der Waals surface area (Å²) < 4.78 is 10.9. The van der Waals surface area contributed by atoms with E-state index in [1.807, 2.05) is 67.6 Å². The Kier molecular flexibility index (Phi) is 6.45. The van der Waals surface area contributed by atoms with Crippen molar-refractivity contribution in [3.8, 4) is 17.2 Å². The van der Waals surface area contributed by atoms with Gasteiger partial charge in [-0.3, -0.25) is 15.0 Å². The number of anilines is 1. The molecule has 0 spiro atoms. The molecule has 2 amide bonds. The van der Waals surface area contributed by atoms with Crippen LogP contribution < -0.4 is 14.9 Å². The van der Waals surface area contributed by atoms with Crippen LogP contribution >= 0.6 is 0 Å². The van der Waals surface area contributed by atoms with Crippen LogP contribution in [0.4, 0.5) is 5.69 Å². The highest BCUT2D eigenvalue weighted by Gasteiger charge is 2.65. The van der Waals surface area contributed by atoms with E-state index in [4.69, 9.17) is 9.47 Å². The van der Waals surface area contributed by atoms with Gasteiger partial charge >= 0.3 is 0 Å². The average molecular weight is 511 g/mol. The van der Waals surface area contributed by atoms with Crippen molar-refractivity contribution in [2.45, 2.75) is 24.7 Å². The SMILES string of the molecule is C=CC1=CC[C@H]2C(=O)N(Nc3ccc(C)cc3)C(=O)[C@@]2(c2ccccc2)[C@H]1c1cc(OC)c(O)c(OC)c1. The van der Waals surface area contributed by atoms with E-state index in [0.717, 1.165) is 21.7 Å². The number of nitrogens with zero attached hydrogens (tertiary/aromatic N) is 1. The summed E-state index contributed by atoms with van der Waals surface area (Å²) in [5.41, 5.74) is 5.69. The Labute approximate surface area is 222 Å². The lowest BCUT2D eigenvalue weighted by Gasteiger charge is -2.43. The molecule has 5 rings (SSSR count). The van der Waals surface area contributed by atoms with Crippen molar-refractivity contribution in [3.63, 3.8) is 0 Å². The third kappa shape index (κ3) is 3.74. The Morgan fingerprint density at radius 1 is 1.03 bits per heavy atom. The standard InChI is InChI=1S/C31H30N2O5/c1-5-20-13-16-24-29(35)33(32-23-14-11-19(2)12-15-23)30(36)31(24,22-9-7-6-8-10-22)27(20)21-17-25(37-3)28(34)26(18-21)38-4/h5-15,17-18,24,27,32,34H,1,16H2,2-4H3/t24-,27+,31+/m0/s1. The van der Waals surface area contributed by atoms with Gasteiger partial charge in [0, 0.05) is 5.92 Å². The van der Waals surface area contributed by atoms with Gasteiger partial charge in [-0.1, -0.05) is 66.8 Å². The maximum absolute atomic E-state index is 14.6. The second-order valence-corrected chi connectivity index (χ2v) is 9.60. The molecule has 0 aromatic heterocycles. The zero-order chi connectivity index (χ0) is 27.0. The Hall–Kier alpha value is -4.52. The first kappa shape index (κ1) is 25.1. The van der Waals surface area contributed by atoms with Crippen LogP contribution in [-0.4, -0.2) is 36.1 Å². The van der Waals surface area contributed by atoms with Crippen molar-refractivity contribution in [1.29, 1.82) is 0 Å². The number of imide groups is 1. The van der Waals surface area contributed by atoms with E-state index in [-0.39, 0.29) is 29.1 Å². The third-order valence-electron chi connectivity index (χ3n) is 7.62. The van der Waals surface area contributed by atoms with Crippen LogP contribution in [0.3, 0.4) is 0 Å². The first-order valence-corrected chi connectivity index (χ1v) is 12.4. The van der Waals surface area contributed by atoms with Crippen molar-refractivity contribution in [1.82, 2.24) is 5.01 Å². The molecule has 0 bridgehead atoms. The predicted octanol–water partition coefficient (Wildman–Crippen LogP) is 5.27. The van der Waals surface area contributed by atoms with Crippen LogP contribution in [0.5, 0.6) is 17.2 Å². The van der Waals surface area contributed by atoms with Crippen LogP contribution in [0.1, 0.15) is 29.0 Å². The van der Waals surface area contributed by atoms with E-state index >= 15 is 0 Å². The van der Waals surface area contributed by atoms with Gasteiger partial charge in [0.15, 0.2) is 11.5 Å². The third-order valence-corrected chi connectivity index (χ3v) is 7.62. The van der Waals surface area contributed by atoms with Crippen molar-refractivity contribution < 1.29 is 24.2 Å². The molecular weight excluding hydrogens is 480 g/mol. The number of ether oxygens (including phenoxy) is 2. The molecule has 7 nitrogen and oxygen atoms in total. The quantitative estimate of drug-likeness (QED) is 0.421. The second-order valence-electron chi connectivity index (χ2n) is 9.60. The molecule has 2 N–H and O–H groups in total. The Bertz CT molecular complexity index is 1410. The minimum absolute atomic E-state index is 0.138. The number of hydrogen-bond donors (Lipinski definition) is 2. The fraction of sp³-hybridized carbons (Fsp3) is 0.226.